The van der Waals surface area contributed by atoms with Gasteiger partial charge in [0.25, 0.3) is 17.7 Å². The second-order valence-electron chi connectivity index (χ2n) is 12.3. The second-order valence-corrected chi connectivity index (χ2v) is 12.3. The number of fused-ring (bicyclic) bond motifs is 2. The Morgan fingerprint density at radius 2 is 1.47 bits per heavy atom. The fraction of sp³-hybridized carbons (Fsp3) is 0.359. The van der Waals surface area contributed by atoms with E-state index in [0.29, 0.717) is 31.7 Å². The lowest BCUT2D eigenvalue weighted by molar-refractivity contribution is -0.138. The highest BCUT2D eigenvalue weighted by molar-refractivity contribution is 6.13. The molecule has 10 heteroatoms. The maximum absolute atomic E-state index is 14.3. The minimum atomic E-state index is -0.395. The molecule has 1 fully saturated rings. The number of carbonyl (C=O) groups excluding carboxylic acids is 4. The maximum atomic E-state index is 14.3. The first-order chi connectivity index (χ1) is 23.8. The summed E-state index contributed by atoms with van der Waals surface area (Å²) >= 11 is 0. The van der Waals surface area contributed by atoms with Crippen LogP contribution in [0.25, 0.3) is 33.4 Å². The first-order valence-electron chi connectivity index (χ1n) is 17.3. The lowest BCUT2D eigenvalue weighted by atomic mass is 9.90. The van der Waals surface area contributed by atoms with E-state index in [4.69, 9.17) is 4.42 Å². The Balaban J connectivity index is 1.33. The van der Waals surface area contributed by atoms with Gasteiger partial charge < -0.3 is 19.1 Å². The summed E-state index contributed by atoms with van der Waals surface area (Å²) < 4.78 is 8.94. The van der Waals surface area contributed by atoms with Crippen LogP contribution in [-0.2, 0) is 14.4 Å². The lowest BCUT2D eigenvalue weighted by Gasteiger charge is -2.35. The Labute approximate surface area is 286 Å². The highest BCUT2D eigenvalue weighted by Gasteiger charge is 2.30. The van der Waals surface area contributed by atoms with Gasteiger partial charge in [0.2, 0.25) is 11.3 Å². The number of hydrogen-bond acceptors (Lipinski definition) is 6. The van der Waals surface area contributed by atoms with Crippen molar-refractivity contribution in [1.29, 1.82) is 0 Å². The van der Waals surface area contributed by atoms with Crippen molar-refractivity contribution >= 4 is 40.3 Å². The van der Waals surface area contributed by atoms with Crippen molar-refractivity contribution in [1.82, 2.24) is 19.3 Å². The molecule has 49 heavy (non-hydrogen) atoms. The molecular formula is C39H44N5O5+. The van der Waals surface area contributed by atoms with E-state index in [1.54, 1.807) is 9.80 Å². The fourth-order valence-electron chi connectivity index (χ4n) is 6.96. The summed E-state index contributed by atoms with van der Waals surface area (Å²) in [5.74, 6) is -0.268. The molecule has 0 N–H and O–H groups in total. The molecule has 2 aromatic carbocycles. The molecule has 1 aliphatic carbocycles. The van der Waals surface area contributed by atoms with Crippen LogP contribution in [0.3, 0.4) is 0 Å². The fourth-order valence-corrected chi connectivity index (χ4v) is 6.96. The van der Waals surface area contributed by atoms with E-state index in [1.165, 1.54) is 12.2 Å². The number of imide groups is 1. The summed E-state index contributed by atoms with van der Waals surface area (Å²) in [4.78, 5) is 57.8. The monoisotopic (exact) mass is 662 g/mol. The van der Waals surface area contributed by atoms with Crippen LogP contribution in [0.5, 0.6) is 0 Å². The van der Waals surface area contributed by atoms with Gasteiger partial charge in [0.1, 0.15) is 24.4 Å². The Bertz CT molecular complexity index is 1960. The largest absolute Gasteiger partial charge is 0.456 e. The number of anilines is 1. The zero-order valence-corrected chi connectivity index (χ0v) is 28.8. The number of benzene rings is 3. The van der Waals surface area contributed by atoms with Crippen LogP contribution < -0.4 is 14.8 Å². The van der Waals surface area contributed by atoms with Gasteiger partial charge in [0.05, 0.1) is 6.07 Å². The molecule has 4 amide bonds. The summed E-state index contributed by atoms with van der Waals surface area (Å²) in [6.45, 7) is 13.6. The first kappa shape index (κ1) is 33.6. The predicted octanol–water partition coefficient (Wildman–Crippen LogP) is 4.46. The van der Waals surface area contributed by atoms with Crippen molar-refractivity contribution in [2.24, 2.45) is 0 Å². The molecular weight excluding hydrogens is 618 g/mol. The van der Waals surface area contributed by atoms with Crippen molar-refractivity contribution in [3.05, 3.63) is 83.7 Å². The molecule has 0 unspecified atom stereocenters. The Kier molecular flexibility index (Phi) is 9.94. The molecule has 2 aromatic rings. The minimum Gasteiger partial charge on any atom is -0.456 e. The molecule has 254 valence electrons. The van der Waals surface area contributed by atoms with Crippen molar-refractivity contribution < 1.29 is 23.6 Å². The Morgan fingerprint density at radius 3 is 2.14 bits per heavy atom. The third kappa shape index (κ3) is 6.60. The van der Waals surface area contributed by atoms with Gasteiger partial charge in [-0.15, -0.1) is 0 Å². The van der Waals surface area contributed by atoms with E-state index in [-0.39, 0.29) is 24.8 Å². The standard InChI is InChI=1S/C39H44N5O5/c1-5-40(6-2)27-13-15-31-33(25-27)49-34-26-28(41(7-3)8-4)14-16-32(34)38(31)29-11-9-10-12-30(29)39(48)43-23-21-42(22-24-43)35(45)19-20-44-36(46)17-18-37(44)47/h9-18,25-26H,5-8,19-24H2,1-4H3/q+1. The van der Waals surface area contributed by atoms with Crippen LogP contribution in [0.15, 0.2) is 77.2 Å². The van der Waals surface area contributed by atoms with Gasteiger partial charge in [-0.1, -0.05) is 18.2 Å². The normalized spacial score (nSPS) is 14.7. The summed E-state index contributed by atoms with van der Waals surface area (Å²) in [5.41, 5.74) is 5.14. The topological polar surface area (TPSA) is 97.4 Å². The molecule has 0 radical (unpaired) electrons. The summed E-state index contributed by atoms with van der Waals surface area (Å²) in [6, 6.07) is 20.4. The highest BCUT2D eigenvalue weighted by atomic mass is 16.3. The molecule has 0 spiro atoms. The number of amides is 4. The van der Waals surface area contributed by atoms with Crippen LogP contribution in [0.1, 0.15) is 44.5 Å². The SMILES string of the molecule is CCN(CC)c1ccc2c(-c3ccccc3C(=O)N3CCN(C(=O)CCN4C(=O)C=CC4=O)CC3)c3ccc(=[N+](CC)CC)cc-3oc2c1. The van der Waals surface area contributed by atoms with E-state index in [1.807, 2.05) is 24.3 Å². The molecule has 0 bridgehead atoms. The van der Waals surface area contributed by atoms with Gasteiger partial charge in [-0.05, 0) is 57.5 Å². The predicted molar refractivity (Wildman–Crippen MR) is 191 cm³/mol. The van der Waals surface area contributed by atoms with Gasteiger partial charge in [-0.25, -0.2) is 4.58 Å². The lowest BCUT2D eigenvalue weighted by Crippen LogP contribution is -2.51. The van der Waals surface area contributed by atoms with Crippen molar-refractivity contribution in [3.8, 4) is 22.5 Å². The maximum Gasteiger partial charge on any atom is 0.254 e. The van der Waals surface area contributed by atoms with E-state index < -0.39 is 11.8 Å². The molecule has 0 saturated carbocycles. The molecule has 10 nitrogen and oxygen atoms in total. The third-order valence-corrected chi connectivity index (χ3v) is 9.74. The number of hydrogen-bond donors (Lipinski definition) is 0. The van der Waals surface area contributed by atoms with E-state index in [2.05, 4.69) is 73.6 Å². The molecule has 3 heterocycles. The third-order valence-electron chi connectivity index (χ3n) is 9.74. The summed E-state index contributed by atoms with van der Waals surface area (Å²) in [7, 11) is 0. The van der Waals surface area contributed by atoms with Gasteiger partial charge >= 0.3 is 0 Å². The van der Waals surface area contributed by atoms with Crippen LogP contribution in [0.2, 0.25) is 0 Å². The van der Waals surface area contributed by atoms with E-state index in [9.17, 15) is 19.2 Å². The van der Waals surface area contributed by atoms with Gasteiger partial charge in [-0.3, -0.25) is 24.1 Å². The quantitative estimate of drug-likeness (QED) is 0.141. The minimum absolute atomic E-state index is 0.0497. The average Bonchev–Trinajstić information content (AvgIpc) is 3.46. The van der Waals surface area contributed by atoms with Crippen molar-refractivity contribution in [3.63, 3.8) is 0 Å². The van der Waals surface area contributed by atoms with E-state index in [0.717, 1.165) is 75.5 Å². The zero-order chi connectivity index (χ0) is 34.7. The van der Waals surface area contributed by atoms with Gasteiger partial charge in [0.15, 0.2) is 0 Å². The van der Waals surface area contributed by atoms with Gasteiger partial charge in [-0.2, -0.15) is 0 Å². The highest BCUT2D eigenvalue weighted by Crippen LogP contribution is 2.42. The number of nitrogens with zero attached hydrogens (tertiary/aromatic N) is 5. The molecule has 1 saturated heterocycles. The van der Waals surface area contributed by atoms with Crippen LogP contribution in [0.4, 0.5) is 5.69 Å². The average molecular weight is 663 g/mol. The Morgan fingerprint density at radius 1 is 0.796 bits per heavy atom. The molecule has 4 aliphatic rings. The van der Waals surface area contributed by atoms with Gasteiger partial charge in [0, 0.05) is 104 Å². The number of piperazine rings is 1. The first-order valence-corrected chi connectivity index (χ1v) is 17.3. The summed E-state index contributed by atoms with van der Waals surface area (Å²) in [6.07, 6.45) is 2.50. The Hall–Kier alpha value is -5.25. The smallest absolute Gasteiger partial charge is 0.254 e. The van der Waals surface area contributed by atoms with Crippen LogP contribution in [-0.4, -0.2) is 97.2 Å². The molecule has 3 aliphatic heterocycles. The van der Waals surface area contributed by atoms with E-state index >= 15 is 0 Å². The van der Waals surface area contributed by atoms with Crippen molar-refractivity contribution in [2.75, 3.05) is 63.8 Å². The second kappa shape index (κ2) is 14.5. The zero-order valence-electron chi connectivity index (χ0n) is 28.8. The molecule has 0 aromatic heterocycles. The van der Waals surface area contributed by atoms with Crippen molar-refractivity contribution in [2.45, 2.75) is 34.1 Å². The molecule has 6 rings (SSSR count). The van der Waals surface area contributed by atoms with Crippen LogP contribution >= 0.6 is 0 Å². The number of rotatable bonds is 10. The number of carbonyl (C=O) groups is 4. The molecule has 0 atom stereocenters. The van der Waals surface area contributed by atoms with Crippen LogP contribution in [0, 0.1) is 0 Å². The summed E-state index contributed by atoms with van der Waals surface area (Å²) in [5, 5.41) is 2.01.